The largest absolute Gasteiger partial charge is 0.399 e. The zero-order valence-corrected chi connectivity index (χ0v) is 12.5. The average molecular weight is 309 g/mol. The Labute approximate surface area is 122 Å². The Morgan fingerprint density at radius 3 is 2.33 bits per heavy atom. The Hall–Kier alpha value is -2.12. The van der Waals surface area contributed by atoms with Crippen LogP contribution in [0.5, 0.6) is 0 Å². The lowest BCUT2D eigenvalue weighted by Gasteiger charge is -2.15. The predicted octanol–water partition coefficient (Wildman–Crippen LogP) is 2.42. The quantitative estimate of drug-likeness (QED) is 0.758. The molecule has 0 amide bonds. The summed E-state index contributed by atoms with van der Waals surface area (Å²) in [6, 6.07) is 7.19. The van der Waals surface area contributed by atoms with E-state index in [1.807, 2.05) is 0 Å². The van der Waals surface area contributed by atoms with E-state index in [1.54, 1.807) is 26.0 Å². The first-order chi connectivity index (χ1) is 9.68. The maximum atomic E-state index is 13.1. The number of sulfonamides is 1. The van der Waals surface area contributed by atoms with Gasteiger partial charge >= 0.3 is 0 Å². The van der Waals surface area contributed by atoms with Crippen molar-refractivity contribution in [1.29, 1.82) is 0 Å². The number of nitrogens with two attached hydrogens (primary N) is 2. The number of nitrogens with one attached hydrogen (secondary N) is 1. The van der Waals surface area contributed by atoms with Crippen LogP contribution < -0.4 is 16.2 Å². The smallest absolute Gasteiger partial charge is 0.238 e. The van der Waals surface area contributed by atoms with Gasteiger partial charge in [-0.05, 0) is 55.3 Å². The third kappa shape index (κ3) is 3.32. The van der Waals surface area contributed by atoms with E-state index in [0.717, 1.165) is 0 Å². The van der Waals surface area contributed by atoms with Gasteiger partial charge in [0, 0.05) is 17.1 Å². The number of primary sulfonamides is 1. The summed E-state index contributed by atoms with van der Waals surface area (Å²) in [4.78, 5) is -0.0373. The number of hydrogen-bond acceptors (Lipinski definition) is 4. The molecule has 0 saturated carbocycles. The lowest BCUT2D eigenvalue weighted by atomic mass is 10.1. The van der Waals surface area contributed by atoms with E-state index in [2.05, 4.69) is 5.32 Å². The van der Waals surface area contributed by atoms with Crippen LogP contribution in [0, 0.1) is 19.7 Å². The lowest BCUT2D eigenvalue weighted by Crippen LogP contribution is -2.15. The van der Waals surface area contributed by atoms with Crippen LogP contribution in [0.25, 0.3) is 0 Å². The summed E-state index contributed by atoms with van der Waals surface area (Å²) in [5, 5.41) is 8.23. The molecule has 0 saturated heterocycles. The fraction of sp³-hybridized carbons (Fsp3) is 0.143. The maximum Gasteiger partial charge on any atom is 0.238 e. The van der Waals surface area contributed by atoms with Crippen LogP contribution in [-0.2, 0) is 10.0 Å². The topological polar surface area (TPSA) is 98.2 Å². The van der Waals surface area contributed by atoms with Crippen molar-refractivity contribution in [2.75, 3.05) is 11.1 Å². The van der Waals surface area contributed by atoms with Gasteiger partial charge in [0.05, 0.1) is 4.90 Å². The third-order valence-corrected chi connectivity index (χ3v) is 4.18. The standard InChI is InChI=1S/C14H16FN3O2S/c1-8-5-10(15)3-4-12(8)18-13-6-11(16)7-14(9(13)2)21(17,19)20/h3-7,18H,16H2,1-2H3,(H2,17,19,20). The second-order valence-electron chi connectivity index (χ2n) is 4.82. The van der Waals surface area contributed by atoms with E-state index >= 15 is 0 Å². The first kappa shape index (κ1) is 15.3. The first-order valence-corrected chi connectivity index (χ1v) is 7.69. The minimum absolute atomic E-state index is 0.0373. The number of rotatable bonds is 3. The molecule has 0 bridgehead atoms. The summed E-state index contributed by atoms with van der Waals surface area (Å²) >= 11 is 0. The number of nitrogen functional groups attached to an aromatic ring is 1. The van der Waals surface area contributed by atoms with Gasteiger partial charge in [-0.25, -0.2) is 17.9 Å². The molecular weight excluding hydrogens is 293 g/mol. The Morgan fingerprint density at radius 2 is 1.76 bits per heavy atom. The molecule has 0 atom stereocenters. The van der Waals surface area contributed by atoms with E-state index in [4.69, 9.17) is 10.9 Å². The van der Waals surface area contributed by atoms with Crippen molar-refractivity contribution < 1.29 is 12.8 Å². The molecule has 0 aliphatic heterocycles. The zero-order chi connectivity index (χ0) is 15.8. The van der Waals surface area contributed by atoms with Gasteiger partial charge in [-0.2, -0.15) is 0 Å². The molecule has 5 N–H and O–H groups in total. The third-order valence-electron chi connectivity index (χ3n) is 3.15. The molecule has 0 aromatic heterocycles. The Balaban J connectivity index is 2.52. The Morgan fingerprint density at radius 1 is 1.10 bits per heavy atom. The minimum atomic E-state index is -3.87. The monoisotopic (exact) mass is 309 g/mol. The summed E-state index contributed by atoms with van der Waals surface area (Å²) in [6.45, 7) is 3.37. The van der Waals surface area contributed by atoms with Gasteiger partial charge in [0.2, 0.25) is 10.0 Å². The lowest BCUT2D eigenvalue weighted by molar-refractivity contribution is 0.597. The highest BCUT2D eigenvalue weighted by molar-refractivity contribution is 7.89. The number of aryl methyl sites for hydroxylation is 1. The highest BCUT2D eigenvalue weighted by Gasteiger charge is 2.16. The van der Waals surface area contributed by atoms with Gasteiger partial charge in [0.25, 0.3) is 0 Å². The highest BCUT2D eigenvalue weighted by Crippen LogP contribution is 2.29. The van der Waals surface area contributed by atoms with Crippen LogP contribution in [0.4, 0.5) is 21.5 Å². The van der Waals surface area contributed by atoms with Crippen LogP contribution in [0.1, 0.15) is 11.1 Å². The van der Waals surface area contributed by atoms with Crippen molar-refractivity contribution in [3.8, 4) is 0 Å². The molecule has 0 unspecified atom stereocenters. The van der Waals surface area contributed by atoms with Gasteiger partial charge in [-0.15, -0.1) is 0 Å². The van der Waals surface area contributed by atoms with Crippen LogP contribution >= 0.6 is 0 Å². The number of benzene rings is 2. The zero-order valence-electron chi connectivity index (χ0n) is 11.6. The van der Waals surface area contributed by atoms with Crippen LogP contribution in [0.3, 0.4) is 0 Å². The number of anilines is 3. The van der Waals surface area contributed by atoms with Crippen molar-refractivity contribution >= 4 is 27.1 Å². The molecule has 0 aliphatic rings. The van der Waals surface area contributed by atoms with Crippen molar-refractivity contribution in [3.63, 3.8) is 0 Å². The summed E-state index contributed by atoms with van der Waals surface area (Å²) in [5.41, 5.74) is 8.30. The van der Waals surface area contributed by atoms with Crippen LogP contribution in [0.2, 0.25) is 0 Å². The Bertz CT molecular complexity index is 804. The van der Waals surface area contributed by atoms with Crippen molar-refractivity contribution in [1.82, 2.24) is 0 Å². The van der Waals surface area contributed by atoms with E-state index in [1.165, 1.54) is 18.2 Å². The molecule has 0 heterocycles. The number of hydrogen-bond donors (Lipinski definition) is 3. The first-order valence-electron chi connectivity index (χ1n) is 6.14. The summed E-state index contributed by atoms with van der Waals surface area (Å²) in [5.74, 6) is -0.340. The SMILES string of the molecule is Cc1cc(F)ccc1Nc1cc(N)cc(S(N)(=O)=O)c1C. The van der Waals surface area contributed by atoms with Crippen LogP contribution in [0.15, 0.2) is 35.2 Å². The molecule has 112 valence electrons. The molecular formula is C14H16FN3O2S. The van der Waals surface area contributed by atoms with Gasteiger partial charge < -0.3 is 11.1 Å². The fourth-order valence-corrected chi connectivity index (χ4v) is 2.88. The van der Waals surface area contributed by atoms with E-state index < -0.39 is 10.0 Å². The summed E-state index contributed by atoms with van der Waals surface area (Å²) in [6.07, 6.45) is 0. The van der Waals surface area contributed by atoms with Gasteiger partial charge in [0.15, 0.2) is 0 Å². The average Bonchev–Trinajstić information content (AvgIpc) is 2.35. The molecule has 5 nitrogen and oxygen atoms in total. The molecule has 2 aromatic carbocycles. The van der Waals surface area contributed by atoms with E-state index in [0.29, 0.717) is 22.5 Å². The minimum Gasteiger partial charge on any atom is -0.399 e. The summed E-state index contributed by atoms with van der Waals surface area (Å²) < 4.78 is 36.2. The molecule has 0 aliphatic carbocycles. The second-order valence-corrected chi connectivity index (χ2v) is 6.35. The van der Waals surface area contributed by atoms with Gasteiger partial charge in [-0.3, -0.25) is 0 Å². The molecule has 0 fully saturated rings. The van der Waals surface area contributed by atoms with Crippen LogP contribution in [-0.4, -0.2) is 8.42 Å². The molecule has 0 radical (unpaired) electrons. The molecule has 2 rings (SSSR count). The van der Waals surface area contributed by atoms with E-state index in [9.17, 15) is 12.8 Å². The Kier molecular flexibility index (Phi) is 3.89. The van der Waals surface area contributed by atoms with E-state index in [-0.39, 0.29) is 16.4 Å². The van der Waals surface area contributed by atoms with Gasteiger partial charge in [-0.1, -0.05) is 0 Å². The number of halogens is 1. The molecule has 2 aromatic rings. The van der Waals surface area contributed by atoms with Gasteiger partial charge in [0.1, 0.15) is 5.82 Å². The molecule has 7 heteroatoms. The highest BCUT2D eigenvalue weighted by atomic mass is 32.2. The molecule has 0 spiro atoms. The van der Waals surface area contributed by atoms with Crippen molar-refractivity contribution in [2.24, 2.45) is 5.14 Å². The van der Waals surface area contributed by atoms with Crippen molar-refractivity contribution in [3.05, 3.63) is 47.3 Å². The second kappa shape index (κ2) is 5.34. The summed E-state index contributed by atoms with van der Waals surface area (Å²) in [7, 11) is -3.87. The maximum absolute atomic E-state index is 13.1. The predicted molar refractivity (Wildman–Crippen MR) is 81.4 cm³/mol. The fourth-order valence-electron chi connectivity index (χ4n) is 2.05. The van der Waals surface area contributed by atoms with Crippen molar-refractivity contribution in [2.45, 2.75) is 18.7 Å². The molecule has 21 heavy (non-hydrogen) atoms. The normalized spacial score (nSPS) is 11.4.